The standard InChI is InChI=1S/C27H32N6O3/c1-18-10-11-24-19(14-18)15-23(27(34)28-24)25(26-29-30-31-33(26)20-6-2-3-7-20)32(16-21-8-4-12-35-21)17-22-9-5-13-36-22/h4,8,10-12,14-15,20,22,25H,2-3,5-7,9,13,16-17H2,1H3,(H,28,34)/t22-,25+/m1/s1. The smallest absolute Gasteiger partial charge is 0.253 e. The zero-order valence-electron chi connectivity index (χ0n) is 20.6. The van der Waals surface area contributed by atoms with Crippen molar-refractivity contribution in [3.05, 3.63) is 75.7 Å². The molecule has 4 heterocycles. The molecule has 0 amide bonds. The monoisotopic (exact) mass is 488 g/mol. The van der Waals surface area contributed by atoms with Gasteiger partial charge in [-0.2, -0.15) is 0 Å². The number of H-pyrrole nitrogens is 1. The van der Waals surface area contributed by atoms with E-state index in [0.717, 1.165) is 67.4 Å². The maximum atomic E-state index is 13.6. The maximum Gasteiger partial charge on any atom is 0.253 e. The lowest BCUT2D eigenvalue weighted by Gasteiger charge is -2.32. The van der Waals surface area contributed by atoms with Gasteiger partial charge >= 0.3 is 0 Å². The summed E-state index contributed by atoms with van der Waals surface area (Å²) in [5, 5.41) is 14.1. The SMILES string of the molecule is Cc1ccc2[nH]c(=O)c([C@@H](c3nnnn3C3CCCC3)N(Cc3ccco3)C[C@H]3CCCO3)cc2c1. The first kappa shape index (κ1) is 23.1. The summed E-state index contributed by atoms with van der Waals surface area (Å²) in [7, 11) is 0. The van der Waals surface area contributed by atoms with Crippen molar-refractivity contribution >= 4 is 10.9 Å². The number of aryl methyl sites for hydroxylation is 1. The van der Waals surface area contributed by atoms with E-state index >= 15 is 0 Å². The second-order valence-electron chi connectivity index (χ2n) is 10.1. The lowest BCUT2D eigenvalue weighted by atomic mass is 10.0. The van der Waals surface area contributed by atoms with Crippen molar-refractivity contribution in [3.63, 3.8) is 0 Å². The molecule has 0 radical (unpaired) electrons. The molecule has 2 aliphatic rings. The van der Waals surface area contributed by atoms with E-state index in [-0.39, 0.29) is 17.7 Å². The highest BCUT2D eigenvalue weighted by molar-refractivity contribution is 5.79. The lowest BCUT2D eigenvalue weighted by Crippen LogP contribution is -2.39. The summed E-state index contributed by atoms with van der Waals surface area (Å²) in [4.78, 5) is 19.0. The number of pyridine rings is 1. The number of fused-ring (bicyclic) bond motifs is 1. The van der Waals surface area contributed by atoms with Crippen LogP contribution >= 0.6 is 0 Å². The normalized spacial score (nSPS) is 19.6. The third-order valence-corrected chi connectivity index (χ3v) is 7.52. The predicted molar refractivity (Wildman–Crippen MR) is 135 cm³/mol. The molecule has 4 aromatic rings. The second-order valence-corrected chi connectivity index (χ2v) is 10.1. The molecular weight excluding hydrogens is 456 g/mol. The highest BCUT2D eigenvalue weighted by atomic mass is 16.5. The summed E-state index contributed by atoms with van der Waals surface area (Å²) in [5.41, 5.74) is 2.46. The average molecular weight is 489 g/mol. The van der Waals surface area contributed by atoms with Gasteiger partial charge in [-0.25, -0.2) is 4.68 Å². The summed E-state index contributed by atoms with van der Waals surface area (Å²) >= 11 is 0. The number of furan rings is 1. The number of benzene rings is 1. The Balaban J connectivity index is 1.50. The van der Waals surface area contributed by atoms with E-state index < -0.39 is 6.04 Å². The van der Waals surface area contributed by atoms with Gasteiger partial charge in [0.2, 0.25) is 0 Å². The summed E-state index contributed by atoms with van der Waals surface area (Å²) in [5.74, 6) is 1.52. The van der Waals surface area contributed by atoms with Crippen LogP contribution in [0.5, 0.6) is 0 Å². The van der Waals surface area contributed by atoms with Crippen LogP contribution in [0, 0.1) is 6.92 Å². The van der Waals surface area contributed by atoms with Crippen LogP contribution in [-0.4, -0.2) is 49.3 Å². The molecule has 1 aliphatic carbocycles. The van der Waals surface area contributed by atoms with Gasteiger partial charge in [-0.1, -0.05) is 24.5 Å². The number of aromatic nitrogens is 5. The fraction of sp³-hybridized carbons (Fsp3) is 0.481. The van der Waals surface area contributed by atoms with Gasteiger partial charge in [-0.05, 0) is 78.8 Å². The van der Waals surface area contributed by atoms with Crippen molar-refractivity contribution in [2.75, 3.05) is 13.2 Å². The summed E-state index contributed by atoms with van der Waals surface area (Å²) < 4.78 is 13.7. The van der Waals surface area contributed by atoms with Crippen molar-refractivity contribution < 1.29 is 9.15 Å². The Kier molecular flexibility index (Phi) is 6.41. The molecule has 0 unspecified atom stereocenters. The van der Waals surface area contributed by atoms with Crippen molar-refractivity contribution in [1.29, 1.82) is 0 Å². The van der Waals surface area contributed by atoms with Crippen molar-refractivity contribution in [1.82, 2.24) is 30.1 Å². The number of rotatable bonds is 8. The molecule has 1 aliphatic heterocycles. The Labute approximate surface area is 209 Å². The first-order chi connectivity index (χ1) is 17.7. The van der Waals surface area contributed by atoms with Crippen LogP contribution in [0.1, 0.15) is 73.3 Å². The van der Waals surface area contributed by atoms with E-state index in [1.54, 1.807) is 6.26 Å². The first-order valence-corrected chi connectivity index (χ1v) is 12.9. The van der Waals surface area contributed by atoms with Gasteiger partial charge in [0.25, 0.3) is 5.56 Å². The number of nitrogens with zero attached hydrogens (tertiary/aromatic N) is 5. The summed E-state index contributed by atoms with van der Waals surface area (Å²) in [6, 6.07) is 11.7. The Hall–Kier alpha value is -3.30. The van der Waals surface area contributed by atoms with Crippen LogP contribution in [0.25, 0.3) is 10.9 Å². The fourth-order valence-electron chi connectivity index (χ4n) is 5.75. The Bertz CT molecular complexity index is 1370. The minimum atomic E-state index is -0.455. The molecule has 9 nitrogen and oxygen atoms in total. The largest absolute Gasteiger partial charge is 0.468 e. The lowest BCUT2D eigenvalue weighted by molar-refractivity contribution is 0.0541. The zero-order valence-corrected chi connectivity index (χ0v) is 20.6. The van der Waals surface area contributed by atoms with Crippen molar-refractivity contribution in [2.24, 2.45) is 0 Å². The maximum absolute atomic E-state index is 13.6. The minimum absolute atomic E-state index is 0.0834. The number of tetrazole rings is 1. The Morgan fingerprint density at radius 2 is 2.06 bits per heavy atom. The van der Waals surface area contributed by atoms with Gasteiger partial charge in [0.05, 0.1) is 25.0 Å². The summed E-state index contributed by atoms with van der Waals surface area (Å²) in [6.45, 7) is 3.98. The third kappa shape index (κ3) is 4.60. The molecule has 36 heavy (non-hydrogen) atoms. The average Bonchev–Trinajstić information content (AvgIpc) is 3.68. The third-order valence-electron chi connectivity index (χ3n) is 7.52. The van der Waals surface area contributed by atoms with Crippen molar-refractivity contribution in [2.45, 2.75) is 70.2 Å². The number of hydrogen-bond donors (Lipinski definition) is 1. The first-order valence-electron chi connectivity index (χ1n) is 12.9. The quantitative estimate of drug-likeness (QED) is 0.394. The Morgan fingerprint density at radius 1 is 1.17 bits per heavy atom. The van der Waals surface area contributed by atoms with E-state index in [0.29, 0.717) is 24.5 Å². The molecule has 1 saturated heterocycles. The molecule has 0 bridgehead atoms. The van der Waals surface area contributed by atoms with E-state index in [2.05, 4.69) is 38.4 Å². The molecule has 9 heteroatoms. The molecule has 3 aromatic heterocycles. The number of aromatic amines is 1. The fourth-order valence-corrected chi connectivity index (χ4v) is 5.75. The molecule has 1 saturated carbocycles. The molecule has 1 N–H and O–H groups in total. The highest BCUT2D eigenvalue weighted by Gasteiger charge is 2.35. The summed E-state index contributed by atoms with van der Waals surface area (Å²) in [6.07, 6.45) is 8.21. The van der Waals surface area contributed by atoms with E-state index in [4.69, 9.17) is 9.15 Å². The van der Waals surface area contributed by atoms with Gasteiger partial charge in [-0.3, -0.25) is 9.69 Å². The molecule has 0 spiro atoms. The van der Waals surface area contributed by atoms with Crippen LogP contribution in [0.2, 0.25) is 0 Å². The van der Waals surface area contributed by atoms with Gasteiger partial charge < -0.3 is 14.1 Å². The van der Waals surface area contributed by atoms with E-state index in [1.165, 1.54) is 0 Å². The predicted octanol–water partition coefficient (Wildman–Crippen LogP) is 4.30. The number of hydrogen-bond acceptors (Lipinski definition) is 7. The van der Waals surface area contributed by atoms with Crippen LogP contribution in [0.15, 0.2) is 51.9 Å². The van der Waals surface area contributed by atoms with Crippen LogP contribution in [-0.2, 0) is 11.3 Å². The topological polar surface area (TPSA) is 102 Å². The zero-order chi connectivity index (χ0) is 24.5. The van der Waals surface area contributed by atoms with E-state index in [9.17, 15) is 4.79 Å². The Morgan fingerprint density at radius 3 is 2.83 bits per heavy atom. The second kappa shape index (κ2) is 9.99. The van der Waals surface area contributed by atoms with Gasteiger partial charge in [0, 0.05) is 24.2 Å². The minimum Gasteiger partial charge on any atom is -0.468 e. The molecular formula is C27H32N6O3. The number of nitrogens with one attached hydrogen (secondary N) is 1. The molecule has 188 valence electrons. The van der Waals surface area contributed by atoms with Gasteiger partial charge in [0.15, 0.2) is 5.82 Å². The van der Waals surface area contributed by atoms with Crippen molar-refractivity contribution in [3.8, 4) is 0 Å². The molecule has 6 rings (SSSR count). The highest BCUT2D eigenvalue weighted by Crippen LogP contribution is 2.35. The number of ether oxygens (including phenoxy) is 1. The van der Waals surface area contributed by atoms with E-state index in [1.807, 2.05) is 35.0 Å². The molecule has 1 aromatic carbocycles. The molecule has 2 atom stereocenters. The van der Waals surface area contributed by atoms with Crippen LogP contribution in [0.4, 0.5) is 0 Å². The van der Waals surface area contributed by atoms with Gasteiger partial charge in [-0.15, -0.1) is 5.10 Å². The van der Waals surface area contributed by atoms with Crippen LogP contribution < -0.4 is 5.56 Å². The molecule has 2 fully saturated rings. The van der Waals surface area contributed by atoms with Gasteiger partial charge in [0.1, 0.15) is 11.8 Å². The van der Waals surface area contributed by atoms with Crippen LogP contribution in [0.3, 0.4) is 0 Å².